The van der Waals surface area contributed by atoms with E-state index in [1.807, 2.05) is 0 Å². The van der Waals surface area contributed by atoms with Gasteiger partial charge in [-0.3, -0.25) is 9.59 Å². The van der Waals surface area contributed by atoms with Crippen LogP contribution in [0.4, 0.5) is 11.4 Å². The van der Waals surface area contributed by atoms with Gasteiger partial charge in [0.1, 0.15) is 11.5 Å². The zero-order valence-corrected chi connectivity index (χ0v) is 19.6. The van der Waals surface area contributed by atoms with Crippen LogP contribution >= 0.6 is 23.2 Å². The van der Waals surface area contributed by atoms with E-state index in [-0.39, 0.29) is 0 Å². The Bertz CT molecular complexity index is 1020. The zero-order valence-electron chi connectivity index (χ0n) is 18.1. The number of benzene rings is 2. The summed E-state index contributed by atoms with van der Waals surface area (Å²) < 4.78 is 19.5. The monoisotopic (exact) mass is 510 g/mol. The van der Waals surface area contributed by atoms with Gasteiger partial charge in [0.25, 0.3) is 11.8 Å². The highest BCUT2D eigenvalue weighted by atomic mass is 35.5. The lowest BCUT2D eigenvalue weighted by Crippen LogP contribution is -2.21. The lowest BCUT2D eigenvalue weighted by Gasteiger charge is -2.08. The Kier molecular flexibility index (Phi) is 10.2. The van der Waals surface area contributed by atoms with Crippen LogP contribution in [-0.4, -0.2) is 51.2 Å². The second-order valence-electron chi connectivity index (χ2n) is 6.34. The summed E-state index contributed by atoms with van der Waals surface area (Å²) in [7, 11) is 2.91. The second-order valence-corrected chi connectivity index (χ2v) is 7.16. The van der Waals surface area contributed by atoms with Gasteiger partial charge < -0.3 is 29.6 Å². The molecule has 0 aromatic heterocycles. The molecule has 0 fully saturated rings. The lowest BCUT2D eigenvalue weighted by molar-refractivity contribution is -0.144. The average Bonchev–Trinajstić information content (AvgIpc) is 2.80. The molecule has 0 saturated heterocycles. The molecule has 0 aliphatic carbocycles. The molecule has 2 aromatic rings. The number of methoxy groups -OCH3 is 2. The molecule has 0 radical (unpaired) electrons. The quantitative estimate of drug-likeness (QED) is 0.368. The first-order chi connectivity index (χ1) is 16.2. The van der Waals surface area contributed by atoms with Crippen LogP contribution in [0.5, 0.6) is 11.5 Å². The molecule has 12 heteroatoms. The van der Waals surface area contributed by atoms with E-state index < -0.39 is 37.0 Å². The maximum Gasteiger partial charge on any atom is 0.331 e. The number of rotatable bonds is 10. The van der Waals surface area contributed by atoms with Crippen molar-refractivity contribution in [3.05, 3.63) is 58.6 Å². The number of amides is 2. The van der Waals surface area contributed by atoms with E-state index in [4.69, 9.17) is 42.1 Å². The van der Waals surface area contributed by atoms with Gasteiger partial charge in [-0.15, -0.1) is 0 Å². The van der Waals surface area contributed by atoms with Gasteiger partial charge in [-0.1, -0.05) is 23.2 Å². The van der Waals surface area contributed by atoms with Crippen molar-refractivity contribution < 1.29 is 38.1 Å². The SMILES string of the molecule is COc1ccc(NC(=O)COC(=O)C=CC(=O)OCC(=O)Nc2ccc(OC)c(Cl)c2)cc1Cl. The average molecular weight is 511 g/mol. The summed E-state index contributed by atoms with van der Waals surface area (Å²) in [6.07, 6.45) is 1.53. The molecule has 0 spiro atoms. The van der Waals surface area contributed by atoms with Gasteiger partial charge in [-0.2, -0.15) is 0 Å². The lowest BCUT2D eigenvalue weighted by atomic mass is 10.3. The number of anilines is 2. The molecule has 0 atom stereocenters. The third kappa shape index (κ3) is 8.64. The van der Waals surface area contributed by atoms with Crippen LogP contribution in [0.1, 0.15) is 0 Å². The van der Waals surface area contributed by atoms with Crippen molar-refractivity contribution in [3.63, 3.8) is 0 Å². The van der Waals surface area contributed by atoms with E-state index in [2.05, 4.69) is 10.6 Å². The maximum atomic E-state index is 11.9. The predicted octanol–water partition coefficient (Wildman–Crippen LogP) is 3.23. The zero-order chi connectivity index (χ0) is 25.1. The minimum Gasteiger partial charge on any atom is -0.495 e. The van der Waals surface area contributed by atoms with Gasteiger partial charge in [0.05, 0.1) is 24.3 Å². The minimum absolute atomic E-state index is 0.292. The third-order valence-electron chi connectivity index (χ3n) is 3.92. The number of hydrogen-bond acceptors (Lipinski definition) is 8. The molecule has 0 bridgehead atoms. The molecule has 10 nitrogen and oxygen atoms in total. The fourth-order valence-corrected chi connectivity index (χ4v) is 2.90. The largest absolute Gasteiger partial charge is 0.495 e. The van der Waals surface area contributed by atoms with E-state index in [9.17, 15) is 19.2 Å². The summed E-state index contributed by atoms with van der Waals surface area (Å²) in [6.45, 7) is -1.20. The molecule has 0 aliphatic heterocycles. The van der Waals surface area contributed by atoms with Crippen LogP contribution in [0.2, 0.25) is 10.0 Å². The van der Waals surface area contributed by atoms with E-state index in [0.29, 0.717) is 32.9 Å². The summed E-state index contributed by atoms with van der Waals surface area (Å²) >= 11 is 11.9. The van der Waals surface area contributed by atoms with E-state index in [1.165, 1.54) is 26.4 Å². The van der Waals surface area contributed by atoms with Crippen molar-refractivity contribution in [1.82, 2.24) is 0 Å². The first-order valence-electron chi connectivity index (χ1n) is 9.50. The van der Waals surface area contributed by atoms with Crippen molar-refractivity contribution in [2.45, 2.75) is 0 Å². The highest BCUT2D eigenvalue weighted by molar-refractivity contribution is 6.32. The standard InChI is InChI=1S/C22H20Cl2N2O8/c1-31-17-5-3-13(9-15(17)23)25-19(27)11-33-21(29)7-8-22(30)34-12-20(28)26-14-4-6-18(32-2)16(24)10-14/h3-10H,11-12H2,1-2H3,(H,25,27)(H,26,28). The van der Waals surface area contributed by atoms with Crippen molar-refractivity contribution in [1.29, 1.82) is 0 Å². The Morgan fingerprint density at radius 1 is 0.735 bits per heavy atom. The molecular weight excluding hydrogens is 491 g/mol. The van der Waals surface area contributed by atoms with Gasteiger partial charge in [0.15, 0.2) is 13.2 Å². The number of nitrogens with one attached hydrogen (secondary N) is 2. The molecule has 2 aromatic carbocycles. The maximum absolute atomic E-state index is 11.9. The summed E-state index contributed by atoms with van der Waals surface area (Å²) in [5.74, 6) is -2.30. The van der Waals surface area contributed by atoms with Gasteiger partial charge in [-0.05, 0) is 36.4 Å². The Morgan fingerprint density at radius 3 is 1.44 bits per heavy atom. The summed E-state index contributed by atoms with van der Waals surface area (Å²) in [5.41, 5.74) is 0.752. The topological polar surface area (TPSA) is 129 Å². The van der Waals surface area contributed by atoms with Crippen LogP contribution in [0.15, 0.2) is 48.6 Å². The van der Waals surface area contributed by atoms with Crippen LogP contribution in [0, 0.1) is 0 Å². The number of hydrogen-bond donors (Lipinski definition) is 2. The smallest absolute Gasteiger partial charge is 0.331 e. The highest BCUT2D eigenvalue weighted by Crippen LogP contribution is 2.28. The van der Waals surface area contributed by atoms with Crippen LogP contribution < -0.4 is 20.1 Å². The van der Waals surface area contributed by atoms with Crippen LogP contribution in [-0.2, 0) is 28.7 Å². The first kappa shape index (κ1) is 26.5. The highest BCUT2D eigenvalue weighted by Gasteiger charge is 2.10. The fourth-order valence-electron chi connectivity index (χ4n) is 2.39. The Labute approximate surface area is 204 Å². The third-order valence-corrected chi connectivity index (χ3v) is 4.51. The van der Waals surface area contributed by atoms with E-state index >= 15 is 0 Å². The van der Waals surface area contributed by atoms with Crippen molar-refractivity contribution in [2.24, 2.45) is 0 Å². The molecule has 180 valence electrons. The fraction of sp³-hybridized carbons (Fsp3) is 0.182. The molecule has 2 amide bonds. The van der Waals surface area contributed by atoms with Gasteiger partial charge in [0, 0.05) is 23.5 Å². The normalized spacial score (nSPS) is 10.4. The number of esters is 2. The Morgan fingerprint density at radius 2 is 1.12 bits per heavy atom. The number of ether oxygens (including phenoxy) is 4. The molecule has 2 rings (SSSR count). The Hall–Kier alpha value is -3.76. The summed E-state index contributed by atoms with van der Waals surface area (Å²) in [4.78, 5) is 47.1. The van der Waals surface area contributed by atoms with Crippen molar-refractivity contribution in [3.8, 4) is 11.5 Å². The molecule has 0 saturated carbocycles. The summed E-state index contributed by atoms with van der Waals surface area (Å²) in [5, 5.41) is 5.55. The molecular formula is C22H20Cl2N2O8. The number of halogens is 2. The molecule has 34 heavy (non-hydrogen) atoms. The van der Waals surface area contributed by atoms with E-state index in [1.54, 1.807) is 24.3 Å². The van der Waals surface area contributed by atoms with Gasteiger partial charge >= 0.3 is 11.9 Å². The van der Waals surface area contributed by atoms with Gasteiger partial charge in [0.2, 0.25) is 0 Å². The van der Waals surface area contributed by atoms with E-state index in [0.717, 1.165) is 12.2 Å². The first-order valence-corrected chi connectivity index (χ1v) is 10.3. The van der Waals surface area contributed by atoms with Crippen LogP contribution in [0.3, 0.4) is 0 Å². The van der Waals surface area contributed by atoms with Crippen molar-refractivity contribution >= 4 is 58.3 Å². The number of carbonyl (C=O) groups excluding carboxylic acids is 4. The second kappa shape index (κ2) is 13.1. The van der Waals surface area contributed by atoms with Crippen molar-refractivity contribution in [2.75, 3.05) is 38.1 Å². The number of carbonyl (C=O) groups is 4. The molecule has 0 aliphatic rings. The molecule has 2 N–H and O–H groups in total. The predicted molar refractivity (Wildman–Crippen MR) is 124 cm³/mol. The van der Waals surface area contributed by atoms with Gasteiger partial charge in [-0.25, -0.2) is 9.59 Å². The summed E-state index contributed by atoms with van der Waals surface area (Å²) in [6, 6.07) is 9.17. The minimum atomic E-state index is -0.961. The molecule has 0 unspecified atom stereocenters. The Balaban J connectivity index is 1.71. The van der Waals surface area contributed by atoms with Crippen LogP contribution in [0.25, 0.3) is 0 Å². The molecule has 0 heterocycles.